The highest BCUT2D eigenvalue weighted by Gasteiger charge is 2.30. The first-order valence-electron chi connectivity index (χ1n) is 6.18. The van der Waals surface area contributed by atoms with Crippen LogP contribution >= 0.6 is 11.3 Å². The van der Waals surface area contributed by atoms with E-state index in [4.69, 9.17) is 0 Å². The van der Waals surface area contributed by atoms with Gasteiger partial charge in [0.1, 0.15) is 0 Å². The van der Waals surface area contributed by atoms with Gasteiger partial charge in [0.05, 0.1) is 4.90 Å². The van der Waals surface area contributed by atoms with E-state index in [1.54, 1.807) is 6.07 Å². The molecular formula is C11H18N2O3S3. The summed E-state index contributed by atoms with van der Waals surface area (Å²) in [7, 11) is -4.30. The molecule has 2 rings (SSSR count). The molecule has 0 aliphatic carbocycles. The van der Waals surface area contributed by atoms with Gasteiger partial charge in [-0.05, 0) is 18.0 Å². The Hall–Kier alpha value is -0.280. The van der Waals surface area contributed by atoms with Gasteiger partial charge in [0.2, 0.25) is 10.0 Å². The second-order valence-electron chi connectivity index (χ2n) is 4.24. The molecule has 1 aliphatic heterocycles. The molecule has 5 nitrogen and oxygen atoms in total. The Bertz CT molecular complexity index is 543. The second kappa shape index (κ2) is 6.45. The van der Waals surface area contributed by atoms with Gasteiger partial charge in [-0.25, -0.2) is 8.42 Å². The summed E-state index contributed by atoms with van der Waals surface area (Å²) in [6, 6.07) is 1.66. The highest BCUT2D eigenvalue weighted by Crippen LogP contribution is 2.25. The number of nitrogens with zero attached hydrogens (tertiary/aromatic N) is 1. The molecule has 1 aromatic heterocycles. The molecule has 0 amide bonds. The van der Waals surface area contributed by atoms with Gasteiger partial charge in [-0.3, -0.25) is 4.21 Å². The van der Waals surface area contributed by atoms with E-state index in [0.717, 1.165) is 11.4 Å². The van der Waals surface area contributed by atoms with Crippen molar-refractivity contribution in [2.45, 2.75) is 18.4 Å². The average Bonchev–Trinajstić information content (AvgIpc) is 2.86. The van der Waals surface area contributed by atoms with E-state index in [-0.39, 0.29) is 0 Å². The van der Waals surface area contributed by atoms with Crippen molar-refractivity contribution in [2.24, 2.45) is 0 Å². The maximum Gasteiger partial charge on any atom is 0.244 e. The van der Waals surface area contributed by atoms with Gasteiger partial charge in [0.25, 0.3) is 0 Å². The van der Waals surface area contributed by atoms with Crippen LogP contribution in [0.3, 0.4) is 0 Å². The summed E-state index contributed by atoms with van der Waals surface area (Å²) in [5.41, 5.74) is 0. The third-order valence-corrected chi connectivity index (χ3v) is 7.30. The molecule has 19 heavy (non-hydrogen) atoms. The fourth-order valence-electron chi connectivity index (χ4n) is 1.93. The van der Waals surface area contributed by atoms with E-state index >= 15 is 0 Å². The van der Waals surface area contributed by atoms with Crippen LogP contribution in [0.1, 0.15) is 11.8 Å². The van der Waals surface area contributed by atoms with Crippen molar-refractivity contribution in [3.8, 4) is 0 Å². The molecule has 1 N–H and O–H groups in total. The van der Waals surface area contributed by atoms with E-state index in [9.17, 15) is 12.6 Å². The zero-order valence-corrected chi connectivity index (χ0v) is 13.2. The minimum absolute atomic E-state index is 0.353. The van der Waals surface area contributed by atoms with Crippen molar-refractivity contribution in [3.05, 3.63) is 16.3 Å². The van der Waals surface area contributed by atoms with Crippen LogP contribution in [0, 0.1) is 0 Å². The molecule has 0 bridgehead atoms. The first-order chi connectivity index (χ1) is 9.05. The Balaban J connectivity index is 2.19. The standard InChI is InChI=1S/C11H18N2O3S3/c1-2-12-9-10-11(3-6-17-10)19(15,16)13-4-7-18(14)8-5-13/h3,6,12H,2,4-5,7-9H2,1H3. The highest BCUT2D eigenvalue weighted by atomic mass is 32.2. The van der Waals surface area contributed by atoms with Gasteiger partial charge in [-0.2, -0.15) is 4.31 Å². The fraction of sp³-hybridized carbons (Fsp3) is 0.636. The molecule has 0 aromatic carbocycles. The van der Waals surface area contributed by atoms with Crippen LogP contribution in [0.25, 0.3) is 0 Å². The Kier molecular flexibility index (Phi) is 5.13. The van der Waals surface area contributed by atoms with Crippen LogP contribution in [-0.4, -0.2) is 48.1 Å². The number of nitrogens with one attached hydrogen (secondary N) is 1. The second-order valence-corrected chi connectivity index (χ2v) is 8.84. The molecule has 0 spiro atoms. The Morgan fingerprint density at radius 2 is 2.11 bits per heavy atom. The van der Waals surface area contributed by atoms with Crippen LogP contribution in [0.5, 0.6) is 0 Å². The Labute approximate surface area is 120 Å². The van der Waals surface area contributed by atoms with Crippen molar-refractivity contribution in [1.29, 1.82) is 0 Å². The molecular weight excluding hydrogens is 304 g/mol. The van der Waals surface area contributed by atoms with Crippen molar-refractivity contribution in [2.75, 3.05) is 31.1 Å². The van der Waals surface area contributed by atoms with Crippen molar-refractivity contribution >= 4 is 32.2 Å². The molecule has 0 unspecified atom stereocenters. The lowest BCUT2D eigenvalue weighted by atomic mass is 10.4. The largest absolute Gasteiger partial charge is 0.312 e. The van der Waals surface area contributed by atoms with Gasteiger partial charge in [0.15, 0.2) is 0 Å². The smallest absolute Gasteiger partial charge is 0.244 e. The minimum atomic E-state index is -3.43. The zero-order chi connectivity index (χ0) is 13.9. The van der Waals surface area contributed by atoms with Crippen LogP contribution in [-0.2, 0) is 27.4 Å². The quantitative estimate of drug-likeness (QED) is 0.862. The summed E-state index contributed by atoms with van der Waals surface area (Å²) in [4.78, 5) is 1.24. The van der Waals surface area contributed by atoms with Crippen LogP contribution in [0.15, 0.2) is 16.3 Å². The molecule has 8 heteroatoms. The van der Waals surface area contributed by atoms with Crippen molar-refractivity contribution in [3.63, 3.8) is 0 Å². The lowest BCUT2D eigenvalue weighted by molar-refractivity contribution is 0.438. The SMILES string of the molecule is CCNCc1sccc1S(=O)(=O)N1CCS(=O)CC1. The van der Waals surface area contributed by atoms with Gasteiger partial charge in [0, 0.05) is 46.8 Å². The summed E-state index contributed by atoms with van der Waals surface area (Å²) in [5.74, 6) is 0.873. The number of rotatable bonds is 5. The van der Waals surface area contributed by atoms with E-state index in [1.807, 2.05) is 12.3 Å². The van der Waals surface area contributed by atoms with Crippen molar-refractivity contribution < 1.29 is 12.6 Å². The fourth-order valence-corrected chi connectivity index (χ4v) is 6.04. The monoisotopic (exact) mass is 322 g/mol. The third-order valence-electron chi connectivity index (χ3n) is 2.99. The van der Waals surface area contributed by atoms with E-state index in [1.165, 1.54) is 15.6 Å². The normalized spacial score (nSPS) is 18.8. The van der Waals surface area contributed by atoms with Crippen LogP contribution in [0.4, 0.5) is 0 Å². The van der Waals surface area contributed by atoms with E-state index in [2.05, 4.69) is 5.32 Å². The molecule has 0 atom stereocenters. The lowest BCUT2D eigenvalue weighted by Gasteiger charge is -2.25. The Morgan fingerprint density at radius 1 is 1.42 bits per heavy atom. The first-order valence-corrected chi connectivity index (χ1v) is 9.98. The van der Waals surface area contributed by atoms with Crippen LogP contribution < -0.4 is 5.32 Å². The first kappa shape index (κ1) is 15.1. The number of hydrogen-bond donors (Lipinski definition) is 1. The van der Waals surface area contributed by atoms with Gasteiger partial charge >= 0.3 is 0 Å². The lowest BCUT2D eigenvalue weighted by Crippen LogP contribution is -2.41. The van der Waals surface area contributed by atoms with E-state index in [0.29, 0.717) is 36.0 Å². The predicted octanol–water partition coefficient (Wildman–Crippen LogP) is 0.611. The molecule has 108 valence electrons. The zero-order valence-electron chi connectivity index (χ0n) is 10.8. The number of thiophene rings is 1. The topological polar surface area (TPSA) is 66.5 Å². The van der Waals surface area contributed by atoms with Gasteiger partial charge in [-0.1, -0.05) is 6.92 Å². The predicted molar refractivity (Wildman–Crippen MR) is 78.3 cm³/mol. The molecule has 1 saturated heterocycles. The Morgan fingerprint density at radius 3 is 2.74 bits per heavy atom. The van der Waals surface area contributed by atoms with E-state index < -0.39 is 20.8 Å². The summed E-state index contributed by atoms with van der Waals surface area (Å²) in [5, 5.41) is 4.96. The molecule has 0 saturated carbocycles. The van der Waals surface area contributed by atoms with Crippen molar-refractivity contribution in [1.82, 2.24) is 9.62 Å². The number of hydrogen-bond acceptors (Lipinski definition) is 5. The molecule has 1 aliphatic rings. The molecule has 0 radical (unpaired) electrons. The molecule has 1 aromatic rings. The molecule has 1 fully saturated rings. The highest BCUT2D eigenvalue weighted by molar-refractivity contribution is 7.89. The minimum Gasteiger partial charge on any atom is -0.312 e. The maximum atomic E-state index is 12.5. The third kappa shape index (κ3) is 3.43. The van der Waals surface area contributed by atoms with Gasteiger partial charge in [-0.15, -0.1) is 11.3 Å². The summed E-state index contributed by atoms with van der Waals surface area (Å²) >= 11 is 1.45. The summed E-state index contributed by atoms with van der Waals surface area (Å²) in [6.07, 6.45) is 0. The maximum absolute atomic E-state index is 12.5. The number of sulfonamides is 1. The summed E-state index contributed by atoms with van der Waals surface area (Å²) in [6.45, 7) is 4.07. The van der Waals surface area contributed by atoms with Gasteiger partial charge < -0.3 is 5.32 Å². The molecule has 2 heterocycles. The van der Waals surface area contributed by atoms with Crippen LogP contribution in [0.2, 0.25) is 0 Å². The summed E-state index contributed by atoms with van der Waals surface area (Å²) < 4.78 is 37.9. The average molecular weight is 322 g/mol.